The molecule has 17 heavy (non-hydrogen) atoms. The molecule has 0 aliphatic carbocycles. The summed E-state index contributed by atoms with van der Waals surface area (Å²) in [5.41, 5.74) is 6.65. The Labute approximate surface area is 108 Å². The zero-order valence-corrected chi connectivity index (χ0v) is 10.4. The van der Waals surface area contributed by atoms with Crippen molar-refractivity contribution in [3.63, 3.8) is 0 Å². The van der Waals surface area contributed by atoms with E-state index in [1.807, 2.05) is 0 Å². The highest BCUT2D eigenvalue weighted by molar-refractivity contribution is 6.35. The van der Waals surface area contributed by atoms with Crippen molar-refractivity contribution in [2.45, 2.75) is 6.54 Å². The van der Waals surface area contributed by atoms with Crippen molar-refractivity contribution in [1.82, 2.24) is 4.57 Å². The van der Waals surface area contributed by atoms with Crippen LogP contribution in [-0.4, -0.2) is 4.57 Å². The van der Waals surface area contributed by atoms with Crippen LogP contribution in [0, 0.1) is 0 Å². The van der Waals surface area contributed by atoms with Crippen molar-refractivity contribution < 1.29 is 0 Å². The van der Waals surface area contributed by atoms with Gasteiger partial charge in [-0.25, -0.2) is 0 Å². The first-order chi connectivity index (χ1) is 8.06. The molecule has 3 nitrogen and oxygen atoms in total. The molecule has 0 saturated heterocycles. The van der Waals surface area contributed by atoms with E-state index in [1.165, 1.54) is 10.6 Å². The first kappa shape index (κ1) is 12.0. The third kappa shape index (κ3) is 2.81. The molecule has 0 saturated carbocycles. The van der Waals surface area contributed by atoms with E-state index in [0.29, 0.717) is 22.3 Å². The second kappa shape index (κ2) is 4.82. The lowest BCUT2D eigenvalue weighted by atomic mass is 10.2. The Morgan fingerprint density at radius 3 is 2.59 bits per heavy atom. The van der Waals surface area contributed by atoms with Crippen molar-refractivity contribution >= 4 is 28.9 Å². The maximum atomic E-state index is 11.6. The standard InChI is InChI=1S/C12H10Cl2N2O/c13-9-2-1-8(11(14)5-9)7-16-4-3-10(15)6-12(16)17/h1-6H,7,15H2. The molecule has 1 aromatic carbocycles. The van der Waals surface area contributed by atoms with Crippen LogP contribution in [0.4, 0.5) is 5.69 Å². The van der Waals surface area contributed by atoms with Gasteiger partial charge in [-0.1, -0.05) is 29.3 Å². The van der Waals surface area contributed by atoms with Crippen molar-refractivity contribution in [2.24, 2.45) is 0 Å². The number of halogens is 2. The Morgan fingerprint density at radius 1 is 1.18 bits per heavy atom. The van der Waals surface area contributed by atoms with E-state index in [0.717, 1.165) is 5.56 Å². The van der Waals surface area contributed by atoms with Crippen LogP contribution in [0.3, 0.4) is 0 Å². The number of nitrogens with zero attached hydrogens (tertiary/aromatic N) is 1. The molecule has 1 heterocycles. The number of rotatable bonds is 2. The van der Waals surface area contributed by atoms with Gasteiger partial charge < -0.3 is 10.3 Å². The van der Waals surface area contributed by atoms with Crippen LogP contribution in [-0.2, 0) is 6.54 Å². The quantitative estimate of drug-likeness (QED) is 0.911. The molecular formula is C12H10Cl2N2O. The monoisotopic (exact) mass is 268 g/mol. The van der Waals surface area contributed by atoms with E-state index >= 15 is 0 Å². The Hall–Kier alpha value is -1.45. The second-order valence-corrected chi connectivity index (χ2v) is 4.51. The minimum absolute atomic E-state index is 0.156. The number of nitrogen functional groups attached to an aromatic ring is 1. The van der Waals surface area contributed by atoms with Gasteiger partial charge in [0.25, 0.3) is 5.56 Å². The molecule has 0 spiro atoms. The smallest absolute Gasteiger partial charge is 0.252 e. The average molecular weight is 269 g/mol. The predicted octanol–water partition coefficient (Wildman–Crippen LogP) is 2.79. The van der Waals surface area contributed by atoms with Crippen LogP contribution in [0.25, 0.3) is 0 Å². The number of aromatic nitrogens is 1. The number of benzene rings is 1. The van der Waals surface area contributed by atoms with Crippen LogP contribution < -0.4 is 11.3 Å². The van der Waals surface area contributed by atoms with E-state index in [1.54, 1.807) is 30.5 Å². The molecule has 0 amide bonds. The van der Waals surface area contributed by atoms with Gasteiger partial charge in [-0.15, -0.1) is 0 Å². The normalized spacial score (nSPS) is 10.5. The minimum atomic E-state index is -0.156. The molecule has 0 aliphatic heterocycles. The highest BCUT2D eigenvalue weighted by Gasteiger charge is 2.03. The molecule has 1 aromatic heterocycles. The van der Waals surface area contributed by atoms with Gasteiger partial charge >= 0.3 is 0 Å². The van der Waals surface area contributed by atoms with Gasteiger partial charge in [0.2, 0.25) is 0 Å². The molecule has 0 radical (unpaired) electrons. The maximum absolute atomic E-state index is 11.6. The Morgan fingerprint density at radius 2 is 1.94 bits per heavy atom. The van der Waals surface area contributed by atoms with Gasteiger partial charge in [0.1, 0.15) is 0 Å². The van der Waals surface area contributed by atoms with Gasteiger partial charge in [-0.2, -0.15) is 0 Å². The third-order valence-corrected chi connectivity index (χ3v) is 2.96. The van der Waals surface area contributed by atoms with Crippen LogP contribution in [0.1, 0.15) is 5.56 Å². The van der Waals surface area contributed by atoms with Crippen LogP contribution in [0.5, 0.6) is 0 Å². The van der Waals surface area contributed by atoms with E-state index in [4.69, 9.17) is 28.9 Å². The van der Waals surface area contributed by atoms with E-state index in [9.17, 15) is 4.79 Å². The fourth-order valence-corrected chi connectivity index (χ4v) is 1.96. The highest BCUT2D eigenvalue weighted by atomic mass is 35.5. The van der Waals surface area contributed by atoms with Crippen LogP contribution >= 0.6 is 23.2 Å². The van der Waals surface area contributed by atoms with E-state index in [2.05, 4.69) is 0 Å². The van der Waals surface area contributed by atoms with Gasteiger partial charge in [0, 0.05) is 28.0 Å². The van der Waals surface area contributed by atoms with Crippen LogP contribution in [0.15, 0.2) is 41.3 Å². The zero-order valence-electron chi connectivity index (χ0n) is 8.86. The number of hydrogen-bond donors (Lipinski definition) is 1. The molecule has 0 fully saturated rings. The average Bonchev–Trinajstić information content (AvgIpc) is 2.25. The van der Waals surface area contributed by atoms with Crippen molar-refractivity contribution in [2.75, 3.05) is 5.73 Å². The summed E-state index contributed by atoms with van der Waals surface area (Å²) in [6, 6.07) is 8.24. The fraction of sp³-hybridized carbons (Fsp3) is 0.0833. The van der Waals surface area contributed by atoms with Crippen LogP contribution in [0.2, 0.25) is 10.0 Å². The first-order valence-electron chi connectivity index (χ1n) is 4.96. The molecule has 0 aliphatic rings. The van der Waals surface area contributed by atoms with Crippen molar-refractivity contribution in [3.8, 4) is 0 Å². The molecule has 88 valence electrons. The summed E-state index contributed by atoms with van der Waals surface area (Å²) in [6.07, 6.45) is 1.64. The Kier molecular flexibility index (Phi) is 3.41. The minimum Gasteiger partial charge on any atom is -0.399 e. The Bertz CT molecular complexity index is 608. The maximum Gasteiger partial charge on any atom is 0.252 e. The van der Waals surface area contributed by atoms with Crippen molar-refractivity contribution in [3.05, 3.63) is 62.5 Å². The summed E-state index contributed by atoms with van der Waals surface area (Å²) in [4.78, 5) is 11.6. The third-order valence-electron chi connectivity index (χ3n) is 2.38. The molecule has 5 heteroatoms. The molecule has 2 rings (SSSR count). The van der Waals surface area contributed by atoms with Gasteiger partial charge in [-0.3, -0.25) is 4.79 Å². The lowest BCUT2D eigenvalue weighted by Crippen LogP contribution is -2.19. The van der Waals surface area contributed by atoms with E-state index < -0.39 is 0 Å². The molecule has 2 N–H and O–H groups in total. The molecular weight excluding hydrogens is 259 g/mol. The number of nitrogens with two attached hydrogens (primary N) is 1. The number of hydrogen-bond acceptors (Lipinski definition) is 2. The summed E-state index contributed by atoms with van der Waals surface area (Å²) < 4.78 is 1.53. The molecule has 0 unspecified atom stereocenters. The largest absolute Gasteiger partial charge is 0.399 e. The number of pyridine rings is 1. The molecule has 0 bridgehead atoms. The zero-order chi connectivity index (χ0) is 12.4. The highest BCUT2D eigenvalue weighted by Crippen LogP contribution is 2.21. The topological polar surface area (TPSA) is 48.0 Å². The number of anilines is 1. The summed E-state index contributed by atoms with van der Waals surface area (Å²) in [5, 5.41) is 1.12. The van der Waals surface area contributed by atoms with Gasteiger partial charge in [0.15, 0.2) is 0 Å². The lowest BCUT2D eigenvalue weighted by Gasteiger charge is -2.08. The summed E-state index contributed by atoms with van der Waals surface area (Å²) in [5.74, 6) is 0. The molecule has 0 atom stereocenters. The first-order valence-corrected chi connectivity index (χ1v) is 5.72. The van der Waals surface area contributed by atoms with Gasteiger partial charge in [-0.05, 0) is 23.8 Å². The second-order valence-electron chi connectivity index (χ2n) is 3.66. The van der Waals surface area contributed by atoms with Gasteiger partial charge in [0.05, 0.1) is 6.54 Å². The molecule has 2 aromatic rings. The van der Waals surface area contributed by atoms with Crippen molar-refractivity contribution in [1.29, 1.82) is 0 Å². The Balaban J connectivity index is 2.35. The summed E-state index contributed by atoms with van der Waals surface area (Å²) in [6.45, 7) is 0.398. The lowest BCUT2D eigenvalue weighted by molar-refractivity contribution is 0.760. The van der Waals surface area contributed by atoms with E-state index in [-0.39, 0.29) is 5.56 Å². The summed E-state index contributed by atoms with van der Waals surface area (Å²) >= 11 is 11.8. The summed E-state index contributed by atoms with van der Waals surface area (Å²) in [7, 11) is 0. The fourth-order valence-electron chi connectivity index (χ4n) is 1.49. The predicted molar refractivity (Wildman–Crippen MR) is 70.7 cm³/mol. The SMILES string of the molecule is Nc1ccn(Cc2ccc(Cl)cc2Cl)c(=O)c1.